The van der Waals surface area contributed by atoms with Gasteiger partial charge >= 0.3 is 0 Å². The van der Waals surface area contributed by atoms with E-state index in [-0.39, 0.29) is 5.91 Å². The molecule has 0 unspecified atom stereocenters. The Bertz CT molecular complexity index is 742. The van der Waals surface area contributed by atoms with Gasteiger partial charge in [-0.25, -0.2) is 0 Å². The Morgan fingerprint density at radius 1 is 1.15 bits per heavy atom. The number of aromatic nitrogens is 2. The minimum atomic E-state index is -0.114. The molecule has 138 valence electrons. The monoisotopic (exact) mass is 352 g/mol. The summed E-state index contributed by atoms with van der Waals surface area (Å²) in [5.74, 6) is 0.467. The fraction of sp³-hybridized carbons (Fsp3) is 0.524. The zero-order chi connectivity index (χ0) is 17.9. The van der Waals surface area contributed by atoms with E-state index in [2.05, 4.69) is 51.7 Å². The summed E-state index contributed by atoms with van der Waals surface area (Å²) in [7, 11) is 2.20. The Morgan fingerprint density at radius 2 is 1.88 bits per heavy atom. The molecule has 0 bridgehead atoms. The highest BCUT2D eigenvalue weighted by Gasteiger charge is 2.26. The van der Waals surface area contributed by atoms with E-state index in [9.17, 15) is 4.79 Å². The molecule has 2 aromatic rings. The largest absolute Gasteiger partial charge is 0.372 e. The highest BCUT2D eigenvalue weighted by molar-refractivity contribution is 5.92. The Balaban J connectivity index is 1.31. The van der Waals surface area contributed by atoms with E-state index in [0.717, 1.165) is 11.3 Å². The molecule has 1 aromatic heterocycles. The van der Waals surface area contributed by atoms with Crippen molar-refractivity contribution in [2.45, 2.75) is 63.5 Å². The SMILES string of the molecule is CN(c1ccc(CNC(=O)c2cc(C3CC3)[nH]n2)cc1)C1CCCCC1. The number of nitrogens with zero attached hydrogens (tertiary/aromatic N) is 2. The predicted molar refractivity (Wildman–Crippen MR) is 103 cm³/mol. The van der Waals surface area contributed by atoms with Gasteiger partial charge in [-0.1, -0.05) is 31.4 Å². The van der Waals surface area contributed by atoms with Crippen molar-refractivity contribution in [1.29, 1.82) is 0 Å². The summed E-state index contributed by atoms with van der Waals surface area (Å²) in [5.41, 5.74) is 3.94. The van der Waals surface area contributed by atoms with Crippen LogP contribution in [0.15, 0.2) is 30.3 Å². The van der Waals surface area contributed by atoms with Crippen LogP contribution in [0.3, 0.4) is 0 Å². The molecule has 5 heteroatoms. The van der Waals surface area contributed by atoms with Crippen molar-refractivity contribution in [3.63, 3.8) is 0 Å². The van der Waals surface area contributed by atoms with Gasteiger partial charge < -0.3 is 10.2 Å². The summed E-state index contributed by atoms with van der Waals surface area (Å²) in [4.78, 5) is 14.7. The van der Waals surface area contributed by atoms with Gasteiger partial charge in [-0.2, -0.15) is 5.10 Å². The molecule has 0 radical (unpaired) electrons. The molecule has 5 nitrogen and oxygen atoms in total. The molecule has 2 aliphatic rings. The normalized spacial score (nSPS) is 17.9. The number of carbonyl (C=O) groups excluding carboxylic acids is 1. The van der Waals surface area contributed by atoms with E-state index in [4.69, 9.17) is 0 Å². The Hall–Kier alpha value is -2.30. The quantitative estimate of drug-likeness (QED) is 0.826. The van der Waals surface area contributed by atoms with Crippen molar-refractivity contribution in [1.82, 2.24) is 15.5 Å². The van der Waals surface area contributed by atoms with Crippen molar-refractivity contribution >= 4 is 11.6 Å². The second kappa shape index (κ2) is 7.52. The summed E-state index contributed by atoms with van der Waals surface area (Å²) in [6, 6.07) is 11.1. The Morgan fingerprint density at radius 3 is 2.58 bits per heavy atom. The molecule has 26 heavy (non-hydrogen) atoms. The second-order valence-corrected chi connectivity index (χ2v) is 7.73. The average Bonchev–Trinajstić information content (AvgIpc) is 3.43. The number of benzene rings is 1. The van der Waals surface area contributed by atoms with Gasteiger partial charge in [0.05, 0.1) is 0 Å². The fourth-order valence-electron chi connectivity index (χ4n) is 3.86. The van der Waals surface area contributed by atoms with Crippen molar-refractivity contribution < 1.29 is 4.79 Å². The Kier molecular flexibility index (Phi) is 4.96. The van der Waals surface area contributed by atoms with Crippen molar-refractivity contribution in [3.8, 4) is 0 Å². The highest BCUT2D eigenvalue weighted by atomic mass is 16.1. The fourth-order valence-corrected chi connectivity index (χ4v) is 3.86. The molecule has 1 heterocycles. The molecule has 1 aromatic carbocycles. The summed E-state index contributed by atoms with van der Waals surface area (Å²) in [6.45, 7) is 0.526. The molecular formula is C21H28N4O. The van der Waals surface area contributed by atoms with Gasteiger partial charge in [0, 0.05) is 36.9 Å². The van der Waals surface area contributed by atoms with Crippen LogP contribution in [0, 0.1) is 0 Å². The topological polar surface area (TPSA) is 61.0 Å². The van der Waals surface area contributed by atoms with Crippen LogP contribution in [0.25, 0.3) is 0 Å². The minimum absolute atomic E-state index is 0.114. The van der Waals surface area contributed by atoms with Crippen LogP contribution in [0.2, 0.25) is 0 Å². The van der Waals surface area contributed by atoms with Gasteiger partial charge in [0.1, 0.15) is 5.69 Å². The van der Waals surface area contributed by atoms with E-state index >= 15 is 0 Å². The smallest absolute Gasteiger partial charge is 0.272 e. The zero-order valence-electron chi connectivity index (χ0n) is 15.5. The van der Waals surface area contributed by atoms with Crippen molar-refractivity contribution in [2.75, 3.05) is 11.9 Å². The predicted octanol–water partition coefficient (Wildman–Crippen LogP) is 3.99. The van der Waals surface area contributed by atoms with Crippen LogP contribution in [-0.2, 0) is 6.54 Å². The lowest BCUT2D eigenvalue weighted by atomic mass is 9.94. The first-order valence-corrected chi connectivity index (χ1v) is 9.86. The van der Waals surface area contributed by atoms with Gasteiger partial charge in [0.2, 0.25) is 0 Å². The molecule has 0 spiro atoms. The van der Waals surface area contributed by atoms with E-state index in [1.807, 2.05) is 6.07 Å². The van der Waals surface area contributed by atoms with Gasteiger partial charge in [-0.3, -0.25) is 9.89 Å². The molecule has 2 saturated carbocycles. The second-order valence-electron chi connectivity index (χ2n) is 7.73. The Labute approximate surface area is 155 Å². The van der Waals surface area contributed by atoms with E-state index < -0.39 is 0 Å². The third-order valence-electron chi connectivity index (χ3n) is 5.77. The number of carbonyl (C=O) groups is 1. The number of anilines is 1. The van der Waals surface area contributed by atoms with Crippen LogP contribution in [0.1, 0.15) is 72.6 Å². The molecule has 2 fully saturated rings. The molecule has 0 atom stereocenters. The number of H-pyrrole nitrogens is 1. The first kappa shape index (κ1) is 17.1. The highest BCUT2D eigenvalue weighted by Crippen LogP contribution is 2.39. The van der Waals surface area contributed by atoms with Crippen LogP contribution in [0.5, 0.6) is 0 Å². The van der Waals surface area contributed by atoms with Crippen LogP contribution in [0.4, 0.5) is 5.69 Å². The van der Waals surface area contributed by atoms with Gasteiger partial charge in [0.25, 0.3) is 5.91 Å². The molecule has 1 amide bonds. The zero-order valence-corrected chi connectivity index (χ0v) is 15.5. The van der Waals surface area contributed by atoms with Crippen molar-refractivity contribution in [3.05, 3.63) is 47.3 Å². The number of rotatable bonds is 6. The van der Waals surface area contributed by atoms with E-state index in [1.54, 1.807) is 0 Å². The van der Waals surface area contributed by atoms with E-state index in [0.29, 0.717) is 24.2 Å². The molecule has 2 N–H and O–H groups in total. The first-order chi connectivity index (χ1) is 12.7. The average molecular weight is 352 g/mol. The van der Waals surface area contributed by atoms with Gasteiger partial charge in [0.15, 0.2) is 0 Å². The summed E-state index contributed by atoms with van der Waals surface area (Å²) in [5, 5.41) is 10.1. The lowest BCUT2D eigenvalue weighted by Crippen LogP contribution is -2.33. The molecule has 2 aliphatic carbocycles. The molecular weight excluding hydrogens is 324 g/mol. The van der Waals surface area contributed by atoms with Crippen LogP contribution >= 0.6 is 0 Å². The summed E-state index contributed by atoms with van der Waals surface area (Å²) < 4.78 is 0. The number of aromatic amines is 1. The number of hydrogen-bond donors (Lipinski definition) is 2. The number of amides is 1. The van der Waals surface area contributed by atoms with Crippen LogP contribution < -0.4 is 10.2 Å². The molecule has 4 rings (SSSR count). The number of hydrogen-bond acceptors (Lipinski definition) is 3. The third-order valence-corrected chi connectivity index (χ3v) is 5.77. The van der Waals surface area contributed by atoms with Gasteiger partial charge in [-0.05, 0) is 49.4 Å². The van der Waals surface area contributed by atoms with E-state index in [1.165, 1.54) is 50.6 Å². The summed E-state index contributed by atoms with van der Waals surface area (Å²) >= 11 is 0. The maximum Gasteiger partial charge on any atom is 0.272 e. The molecule has 0 aliphatic heterocycles. The maximum absolute atomic E-state index is 12.3. The molecule has 0 saturated heterocycles. The third kappa shape index (κ3) is 3.92. The lowest BCUT2D eigenvalue weighted by Gasteiger charge is -2.33. The lowest BCUT2D eigenvalue weighted by molar-refractivity contribution is 0.0946. The standard InChI is InChI=1S/C21H28N4O/c1-25(17-5-3-2-4-6-17)18-11-7-15(8-12-18)14-22-21(26)20-13-19(23-24-20)16-9-10-16/h7-8,11-13,16-17H,2-6,9-10,14H2,1H3,(H,22,26)(H,23,24). The van der Waals surface area contributed by atoms with Crippen molar-refractivity contribution in [2.24, 2.45) is 0 Å². The minimum Gasteiger partial charge on any atom is -0.372 e. The number of nitrogens with one attached hydrogen (secondary N) is 2. The maximum atomic E-state index is 12.3. The summed E-state index contributed by atoms with van der Waals surface area (Å²) in [6.07, 6.45) is 9.04. The van der Waals surface area contributed by atoms with Gasteiger partial charge in [-0.15, -0.1) is 0 Å². The van der Waals surface area contributed by atoms with Crippen LogP contribution in [-0.4, -0.2) is 29.2 Å². The first-order valence-electron chi connectivity index (χ1n) is 9.86.